The Hall–Kier alpha value is -7.82. The Kier molecular flexibility index (Phi) is 9.31. The summed E-state index contributed by atoms with van der Waals surface area (Å²) in [6.07, 6.45) is 0. The molecule has 284 valence electrons. The highest BCUT2D eigenvalue weighted by Gasteiger charge is 2.28. The summed E-state index contributed by atoms with van der Waals surface area (Å²) in [5.74, 6) is -1.84. The zero-order chi connectivity index (χ0) is 40.8. The maximum Gasteiger partial charge on any atom is 0.259 e. The summed E-state index contributed by atoms with van der Waals surface area (Å²) in [4.78, 5) is 40.8. The van der Waals surface area contributed by atoms with E-state index in [1.54, 1.807) is 115 Å². The number of benzene rings is 8. The molecule has 0 saturated carbocycles. The number of azo groups is 2. The van der Waals surface area contributed by atoms with Crippen molar-refractivity contribution in [3.63, 3.8) is 0 Å². The maximum absolute atomic E-state index is 13.9. The van der Waals surface area contributed by atoms with Crippen molar-refractivity contribution in [3.8, 4) is 22.6 Å². The fourth-order valence-electron chi connectivity index (χ4n) is 7.27. The zero-order valence-electron chi connectivity index (χ0n) is 31.1. The lowest BCUT2D eigenvalue weighted by atomic mass is 9.96. The van der Waals surface area contributed by atoms with Gasteiger partial charge in [-0.05, 0) is 83.4 Å². The highest BCUT2D eigenvalue weighted by atomic mass is 35.5. The Morgan fingerprint density at radius 3 is 1.69 bits per heavy atom. The van der Waals surface area contributed by atoms with Crippen molar-refractivity contribution in [2.24, 2.45) is 20.5 Å². The van der Waals surface area contributed by atoms with Gasteiger partial charge in [-0.1, -0.05) is 108 Å². The van der Waals surface area contributed by atoms with Crippen LogP contribution in [0.1, 0.15) is 47.8 Å². The zero-order valence-corrected chi connectivity index (χ0v) is 31.9. The number of carbonyl (C=O) groups is 3. The van der Waals surface area contributed by atoms with Crippen LogP contribution in [0.5, 0.6) is 11.5 Å². The SMILES string of the molecule is Cc1cccc(C(=O)c2cc3ccccc3c(N=Nc3ccc4c(c3)C(=O)c3cc(N=Nc5c(O)c(C(=O)Nc6ccccc6Cl)cc6ccccc56)ccc3-4)c2O)c1. The third kappa shape index (κ3) is 6.77. The molecule has 1 aliphatic rings. The van der Waals surface area contributed by atoms with E-state index in [1.807, 2.05) is 37.3 Å². The van der Waals surface area contributed by atoms with Gasteiger partial charge in [0.1, 0.15) is 11.4 Å². The van der Waals surface area contributed by atoms with E-state index in [9.17, 15) is 24.6 Å². The summed E-state index contributed by atoms with van der Waals surface area (Å²) >= 11 is 6.26. The normalized spacial score (nSPS) is 12.1. The number of nitrogens with one attached hydrogen (secondary N) is 1. The fourth-order valence-corrected chi connectivity index (χ4v) is 7.46. The summed E-state index contributed by atoms with van der Waals surface area (Å²) in [6, 6.07) is 41.9. The molecule has 0 spiro atoms. The number of aryl methyl sites for hydroxylation is 1. The van der Waals surface area contributed by atoms with Crippen LogP contribution >= 0.6 is 11.6 Å². The Labute approximate surface area is 341 Å². The number of fused-ring (bicyclic) bond motifs is 5. The van der Waals surface area contributed by atoms with E-state index < -0.39 is 5.91 Å². The lowest BCUT2D eigenvalue weighted by Crippen LogP contribution is -2.12. The van der Waals surface area contributed by atoms with Gasteiger partial charge in [-0.3, -0.25) is 14.4 Å². The number of hydrogen-bond acceptors (Lipinski definition) is 9. The van der Waals surface area contributed by atoms with Gasteiger partial charge in [0.05, 0.1) is 33.2 Å². The predicted molar refractivity (Wildman–Crippen MR) is 229 cm³/mol. The number of ketones is 2. The minimum atomic E-state index is -0.579. The maximum atomic E-state index is 13.9. The molecule has 9 rings (SSSR count). The van der Waals surface area contributed by atoms with Crippen LogP contribution < -0.4 is 5.32 Å². The summed E-state index contributed by atoms with van der Waals surface area (Å²) in [6.45, 7) is 1.89. The second-order valence-corrected chi connectivity index (χ2v) is 14.4. The summed E-state index contributed by atoms with van der Waals surface area (Å²) < 4.78 is 0. The molecular formula is C48H30ClN5O5. The Bertz CT molecular complexity index is 3160. The molecule has 0 bridgehead atoms. The van der Waals surface area contributed by atoms with Gasteiger partial charge >= 0.3 is 0 Å². The smallest absolute Gasteiger partial charge is 0.259 e. The third-order valence-corrected chi connectivity index (χ3v) is 10.5. The average molecular weight is 792 g/mol. The van der Waals surface area contributed by atoms with Gasteiger partial charge in [0, 0.05) is 27.5 Å². The molecule has 0 aliphatic heterocycles. The molecule has 0 heterocycles. The van der Waals surface area contributed by atoms with Crippen LogP contribution in [0.15, 0.2) is 166 Å². The largest absolute Gasteiger partial charge is 0.505 e. The molecule has 0 unspecified atom stereocenters. The van der Waals surface area contributed by atoms with Gasteiger partial charge in [0.2, 0.25) is 0 Å². The van der Waals surface area contributed by atoms with E-state index in [4.69, 9.17) is 11.6 Å². The quantitative estimate of drug-likeness (QED) is 0.103. The molecule has 0 atom stereocenters. The van der Waals surface area contributed by atoms with Gasteiger partial charge < -0.3 is 15.5 Å². The Morgan fingerprint density at radius 1 is 0.559 bits per heavy atom. The number of para-hydroxylation sites is 1. The monoisotopic (exact) mass is 791 g/mol. The molecule has 8 aromatic carbocycles. The topological polar surface area (TPSA) is 153 Å². The number of amides is 1. The minimum Gasteiger partial charge on any atom is -0.505 e. The lowest BCUT2D eigenvalue weighted by Gasteiger charge is -2.12. The first-order valence-electron chi connectivity index (χ1n) is 18.5. The highest BCUT2D eigenvalue weighted by Crippen LogP contribution is 2.44. The van der Waals surface area contributed by atoms with Crippen molar-refractivity contribution in [1.29, 1.82) is 0 Å². The molecule has 0 radical (unpaired) electrons. The van der Waals surface area contributed by atoms with E-state index in [-0.39, 0.29) is 45.6 Å². The van der Waals surface area contributed by atoms with Crippen LogP contribution in [0.25, 0.3) is 32.7 Å². The van der Waals surface area contributed by atoms with Crippen molar-refractivity contribution in [2.45, 2.75) is 6.92 Å². The third-order valence-electron chi connectivity index (χ3n) is 10.2. The van der Waals surface area contributed by atoms with Crippen molar-refractivity contribution >= 4 is 79.1 Å². The molecule has 0 aromatic heterocycles. The number of rotatable bonds is 8. The van der Waals surface area contributed by atoms with Crippen LogP contribution in [0, 0.1) is 6.92 Å². The van der Waals surface area contributed by atoms with Crippen LogP contribution in [-0.4, -0.2) is 27.7 Å². The van der Waals surface area contributed by atoms with E-state index in [2.05, 4.69) is 25.8 Å². The second-order valence-electron chi connectivity index (χ2n) is 14.0. The molecule has 3 N–H and O–H groups in total. The lowest BCUT2D eigenvalue weighted by molar-refractivity contribution is 0.101. The van der Waals surface area contributed by atoms with Crippen molar-refractivity contribution in [1.82, 2.24) is 0 Å². The molecule has 0 saturated heterocycles. The molecule has 59 heavy (non-hydrogen) atoms. The highest BCUT2D eigenvalue weighted by molar-refractivity contribution is 6.34. The van der Waals surface area contributed by atoms with Crippen molar-refractivity contribution in [2.75, 3.05) is 5.32 Å². The van der Waals surface area contributed by atoms with E-state index in [0.29, 0.717) is 71.4 Å². The predicted octanol–water partition coefficient (Wildman–Crippen LogP) is 12.9. The Balaban J connectivity index is 1.01. The van der Waals surface area contributed by atoms with Gasteiger partial charge in [0.15, 0.2) is 23.1 Å². The number of phenolic OH excluding ortho intramolecular Hbond substituents is 2. The van der Waals surface area contributed by atoms with Gasteiger partial charge in [-0.2, -0.15) is 10.2 Å². The molecule has 0 fully saturated rings. The van der Waals surface area contributed by atoms with Crippen LogP contribution in [0.2, 0.25) is 5.02 Å². The van der Waals surface area contributed by atoms with Crippen LogP contribution in [0.4, 0.5) is 28.4 Å². The van der Waals surface area contributed by atoms with Gasteiger partial charge in [0.25, 0.3) is 5.91 Å². The van der Waals surface area contributed by atoms with Gasteiger partial charge in [-0.25, -0.2) is 0 Å². The fraction of sp³-hybridized carbons (Fsp3) is 0.0208. The number of nitrogens with zero attached hydrogens (tertiary/aromatic N) is 4. The van der Waals surface area contributed by atoms with E-state index in [0.717, 1.165) is 5.56 Å². The second kappa shape index (κ2) is 14.9. The first kappa shape index (κ1) is 36.8. The molecule has 11 heteroatoms. The van der Waals surface area contributed by atoms with Crippen LogP contribution in [0.3, 0.4) is 0 Å². The van der Waals surface area contributed by atoms with E-state index in [1.165, 1.54) is 0 Å². The summed E-state index contributed by atoms with van der Waals surface area (Å²) in [7, 11) is 0. The summed E-state index contributed by atoms with van der Waals surface area (Å²) in [5.41, 5.74) is 4.97. The number of hydrogen-bond donors (Lipinski definition) is 3. The standard InChI is InChI=1S/C48H30ClN5O5/c1-26-9-8-12-29(21-26)44(55)38-22-27-10-2-4-13-32(27)42(46(38)57)53-51-30-17-19-34-35-20-18-31(25-37(35)45(56)36(34)24-30)52-54-43-33-14-5-3-11-28(33)23-39(47(43)58)48(59)50-41-16-7-6-15-40(41)49/h2-25,57-58H,1H3,(H,50,59). The molecule has 1 aliphatic carbocycles. The number of halogens is 1. The van der Waals surface area contributed by atoms with Gasteiger partial charge in [-0.15, -0.1) is 10.2 Å². The average Bonchev–Trinajstić information content (AvgIpc) is 3.52. The van der Waals surface area contributed by atoms with Crippen LogP contribution in [-0.2, 0) is 0 Å². The molecule has 10 nitrogen and oxygen atoms in total. The first-order chi connectivity index (χ1) is 28.6. The van der Waals surface area contributed by atoms with Crippen molar-refractivity contribution < 1.29 is 24.6 Å². The van der Waals surface area contributed by atoms with Crippen molar-refractivity contribution in [3.05, 3.63) is 184 Å². The van der Waals surface area contributed by atoms with E-state index >= 15 is 0 Å². The number of aromatic hydroxyl groups is 2. The first-order valence-corrected chi connectivity index (χ1v) is 18.9. The molecular weight excluding hydrogens is 762 g/mol. The number of phenols is 2. The summed E-state index contributed by atoms with van der Waals surface area (Å²) in [5, 5.41) is 46.0. The minimum absolute atomic E-state index is 0.0167. The Morgan fingerprint density at radius 2 is 1.10 bits per heavy atom. The molecule has 8 aromatic rings. The molecule has 1 amide bonds. The number of anilines is 1. The number of carbonyl (C=O) groups excluding carboxylic acids is 3.